The standard InChI is InChI=1S/C17H24N2O4S/c1-12-4-6-13(7-5-12)10-18-15(20)17(2,3)16(21)19-14-8-9-24(22,23)11-14/h4-7,14H,8-11H2,1-3H3,(H,18,20)(H,19,21). The molecule has 2 N–H and O–H groups in total. The summed E-state index contributed by atoms with van der Waals surface area (Å²) in [6.45, 7) is 5.40. The Morgan fingerprint density at radius 3 is 2.33 bits per heavy atom. The summed E-state index contributed by atoms with van der Waals surface area (Å²) >= 11 is 0. The van der Waals surface area contributed by atoms with Crippen molar-refractivity contribution in [2.24, 2.45) is 5.41 Å². The lowest BCUT2D eigenvalue weighted by atomic mass is 9.90. The van der Waals surface area contributed by atoms with E-state index in [1.165, 1.54) is 13.8 Å². The third-order valence-corrected chi connectivity index (χ3v) is 6.04. The molecular weight excluding hydrogens is 328 g/mol. The second kappa shape index (κ2) is 6.93. The van der Waals surface area contributed by atoms with Crippen molar-refractivity contribution in [2.75, 3.05) is 11.5 Å². The highest BCUT2D eigenvalue weighted by Gasteiger charge is 2.38. The Kier molecular flexibility index (Phi) is 5.32. The number of carbonyl (C=O) groups excluding carboxylic acids is 2. The molecule has 1 atom stereocenters. The Morgan fingerprint density at radius 1 is 1.17 bits per heavy atom. The highest BCUT2D eigenvalue weighted by atomic mass is 32.2. The fraction of sp³-hybridized carbons (Fsp3) is 0.529. The van der Waals surface area contributed by atoms with Gasteiger partial charge in [-0.05, 0) is 32.8 Å². The second-order valence-corrected chi connectivity index (χ2v) is 9.10. The number of aryl methyl sites for hydroxylation is 1. The largest absolute Gasteiger partial charge is 0.351 e. The summed E-state index contributed by atoms with van der Waals surface area (Å²) in [5, 5.41) is 5.45. The van der Waals surface area contributed by atoms with Crippen molar-refractivity contribution in [1.82, 2.24) is 10.6 Å². The minimum Gasteiger partial charge on any atom is -0.351 e. The monoisotopic (exact) mass is 352 g/mol. The van der Waals surface area contributed by atoms with Gasteiger partial charge in [0.05, 0.1) is 11.5 Å². The average molecular weight is 352 g/mol. The van der Waals surface area contributed by atoms with Crippen molar-refractivity contribution in [3.05, 3.63) is 35.4 Å². The zero-order chi connectivity index (χ0) is 18.0. The number of rotatable bonds is 5. The number of sulfone groups is 1. The van der Waals surface area contributed by atoms with E-state index in [0.29, 0.717) is 13.0 Å². The summed E-state index contributed by atoms with van der Waals surface area (Å²) in [5.41, 5.74) is 0.820. The molecule has 1 unspecified atom stereocenters. The molecule has 2 rings (SSSR count). The first kappa shape index (κ1) is 18.4. The summed E-state index contributed by atoms with van der Waals surface area (Å²) in [7, 11) is -3.07. The Balaban J connectivity index is 1.91. The molecule has 1 aromatic carbocycles. The molecule has 1 fully saturated rings. The minimum atomic E-state index is -3.07. The van der Waals surface area contributed by atoms with Gasteiger partial charge in [0.1, 0.15) is 5.41 Å². The fourth-order valence-electron chi connectivity index (χ4n) is 2.49. The maximum Gasteiger partial charge on any atom is 0.235 e. The van der Waals surface area contributed by atoms with Crippen LogP contribution >= 0.6 is 0 Å². The molecule has 1 aliphatic heterocycles. The molecule has 0 spiro atoms. The van der Waals surface area contributed by atoms with Gasteiger partial charge in [0, 0.05) is 12.6 Å². The van der Waals surface area contributed by atoms with Crippen molar-refractivity contribution in [3.8, 4) is 0 Å². The van der Waals surface area contributed by atoms with Gasteiger partial charge < -0.3 is 10.6 Å². The Labute approximate surface area is 142 Å². The normalized spacial score (nSPS) is 19.7. The van der Waals surface area contributed by atoms with E-state index in [1.54, 1.807) is 0 Å². The molecule has 0 saturated carbocycles. The zero-order valence-electron chi connectivity index (χ0n) is 14.3. The Morgan fingerprint density at radius 2 is 1.79 bits per heavy atom. The number of amides is 2. The molecular formula is C17H24N2O4S. The van der Waals surface area contributed by atoms with E-state index in [4.69, 9.17) is 0 Å². The number of carbonyl (C=O) groups is 2. The predicted molar refractivity (Wildman–Crippen MR) is 92.0 cm³/mol. The minimum absolute atomic E-state index is 0.0557. The summed E-state index contributed by atoms with van der Waals surface area (Å²) in [5.74, 6) is -0.815. The molecule has 0 bridgehead atoms. The number of nitrogens with one attached hydrogen (secondary N) is 2. The molecule has 1 saturated heterocycles. The van der Waals surface area contributed by atoms with Crippen LogP contribution in [0.15, 0.2) is 24.3 Å². The van der Waals surface area contributed by atoms with Crippen LogP contribution in [0, 0.1) is 12.3 Å². The quantitative estimate of drug-likeness (QED) is 0.772. The lowest BCUT2D eigenvalue weighted by molar-refractivity contribution is -0.141. The van der Waals surface area contributed by atoms with Gasteiger partial charge in [0.15, 0.2) is 9.84 Å². The summed E-state index contributed by atoms with van der Waals surface area (Å²) in [4.78, 5) is 24.7. The topological polar surface area (TPSA) is 92.3 Å². The molecule has 0 radical (unpaired) electrons. The van der Waals surface area contributed by atoms with Gasteiger partial charge in [-0.3, -0.25) is 9.59 Å². The highest BCUT2D eigenvalue weighted by Crippen LogP contribution is 2.19. The van der Waals surface area contributed by atoms with Gasteiger partial charge in [0.25, 0.3) is 0 Å². The molecule has 1 aromatic rings. The summed E-state index contributed by atoms with van der Waals surface area (Å²) in [6.07, 6.45) is 0.398. The number of benzene rings is 1. The van der Waals surface area contributed by atoms with Crippen LogP contribution in [0.1, 0.15) is 31.4 Å². The molecule has 0 aliphatic carbocycles. The zero-order valence-corrected chi connectivity index (χ0v) is 15.1. The lowest BCUT2D eigenvalue weighted by Gasteiger charge is -2.24. The van der Waals surface area contributed by atoms with E-state index >= 15 is 0 Å². The van der Waals surface area contributed by atoms with Crippen LogP contribution in [-0.4, -0.2) is 37.8 Å². The molecule has 2 amide bonds. The van der Waals surface area contributed by atoms with E-state index in [1.807, 2.05) is 31.2 Å². The van der Waals surface area contributed by atoms with Crippen molar-refractivity contribution >= 4 is 21.7 Å². The molecule has 1 heterocycles. The smallest absolute Gasteiger partial charge is 0.235 e. The Bertz CT molecular complexity index is 723. The van der Waals surface area contributed by atoms with Gasteiger partial charge in [-0.2, -0.15) is 0 Å². The predicted octanol–water partition coefficient (Wildman–Crippen LogP) is 0.941. The maximum absolute atomic E-state index is 12.4. The second-order valence-electron chi connectivity index (χ2n) is 6.87. The van der Waals surface area contributed by atoms with Crippen LogP contribution in [0.4, 0.5) is 0 Å². The average Bonchev–Trinajstić information content (AvgIpc) is 2.85. The first-order valence-corrected chi connectivity index (χ1v) is 9.77. The van der Waals surface area contributed by atoms with Crippen molar-refractivity contribution in [1.29, 1.82) is 0 Å². The molecule has 132 valence electrons. The van der Waals surface area contributed by atoms with Gasteiger partial charge in [-0.25, -0.2) is 8.42 Å². The summed E-state index contributed by atoms with van der Waals surface area (Å²) < 4.78 is 22.9. The SMILES string of the molecule is Cc1ccc(CNC(=O)C(C)(C)C(=O)NC2CCS(=O)(=O)C2)cc1. The molecule has 7 heteroatoms. The van der Waals surface area contributed by atoms with Crippen LogP contribution < -0.4 is 10.6 Å². The van der Waals surface area contributed by atoms with Gasteiger partial charge in [0.2, 0.25) is 11.8 Å². The lowest BCUT2D eigenvalue weighted by Crippen LogP contribution is -2.50. The van der Waals surface area contributed by atoms with Crippen LogP contribution in [0.25, 0.3) is 0 Å². The third kappa shape index (κ3) is 4.56. The van der Waals surface area contributed by atoms with Gasteiger partial charge in [-0.15, -0.1) is 0 Å². The summed E-state index contributed by atoms with van der Waals surface area (Å²) in [6, 6.07) is 7.35. The van der Waals surface area contributed by atoms with Crippen molar-refractivity contribution in [3.63, 3.8) is 0 Å². The van der Waals surface area contributed by atoms with Crippen LogP contribution in [0.3, 0.4) is 0 Å². The van der Waals surface area contributed by atoms with Crippen molar-refractivity contribution in [2.45, 2.75) is 39.8 Å². The van der Waals surface area contributed by atoms with E-state index in [9.17, 15) is 18.0 Å². The van der Waals surface area contributed by atoms with Crippen molar-refractivity contribution < 1.29 is 18.0 Å². The van der Waals surface area contributed by atoms with Crippen LogP contribution in [0.2, 0.25) is 0 Å². The maximum atomic E-state index is 12.4. The van der Waals surface area contributed by atoms with Gasteiger partial charge >= 0.3 is 0 Å². The highest BCUT2D eigenvalue weighted by molar-refractivity contribution is 7.91. The van der Waals surface area contributed by atoms with E-state index in [2.05, 4.69) is 10.6 Å². The van der Waals surface area contributed by atoms with E-state index < -0.39 is 27.2 Å². The van der Waals surface area contributed by atoms with E-state index in [-0.39, 0.29) is 17.4 Å². The Hall–Kier alpha value is -1.89. The molecule has 0 aromatic heterocycles. The van der Waals surface area contributed by atoms with Crippen LogP contribution in [-0.2, 0) is 26.0 Å². The van der Waals surface area contributed by atoms with Gasteiger partial charge in [-0.1, -0.05) is 29.8 Å². The third-order valence-electron chi connectivity index (χ3n) is 4.28. The fourth-order valence-corrected chi connectivity index (χ4v) is 4.16. The van der Waals surface area contributed by atoms with E-state index in [0.717, 1.165) is 11.1 Å². The molecule has 1 aliphatic rings. The number of hydrogen-bond acceptors (Lipinski definition) is 4. The van der Waals surface area contributed by atoms with Crippen LogP contribution in [0.5, 0.6) is 0 Å². The first-order chi connectivity index (χ1) is 11.1. The number of hydrogen-bond donors (Lipinski definition) is 2. The molecule has 6 nitrogen and oxygen atoms in total. The first-order valence-electron chi connectivity index (χ1n) is 7.95. The molecule has 24 heavy (non-hydrogen) atoms.